The van der Waals surface area contributed by atoms with Crippen LogP contribution in [0.5, 0.6) is 0 Å². The Bertz CT molecular complexity index is 725. The maximum atomic E-state index is 13.8. The van der Waals surface area contributed by atoms with Crippen LogP contribution in [0.4, 0.5) is 4.39 Å². The molecule has 0 fully saturated rings. The molecule has 0 spiro atoms. The van der Waals surface area contributed by atoms with Gasteiger partial charge in [0.1, 0.15) is 5.82 Å². The lowest BCUT2D eigenvalue weighted by Gasteiger charge is -2.21. The number of aliphatic hydroxyl groups excluding tert-OH is 1. The van der Waals surface area contributed by atoms with Crippen LogP contribution in [0.25, 0.3) is 0 Å². The number of hydrogen-bond acceptors (Lipinski definition) is 3. The van der Waals surface area contributed by atoms with Gasteiger partial charge < -0.3 is 10.4 Å². The molecule has 0 aliphatic rings. The van der Waals surface area contributed by atoms with Crippen molar-refractivity contribution in [2.24, 2.45) is 0 Å². The van der Waals surface area contributed by atoms with E-state index in [4.69, 9.17) is 0 Å². The van der Waals surface area contributed by atoms with Gasteiger partial charge in [-0.15, -0.1) is 0 Å². The molecule has 2 N–H and O–H groups in total. The molecule has 3 aromatic rings. The first-order valence-electron chi connectivity index (χ1n) is 7.87. The fourth-order valence-corrected chi connectivity index (χ4v) is 2.67. The Hall–Kier alpha value is -2.56. The van der Waals surface area contributed by atoms with Gasteiger partial charge in [0.05, 0.1) is 17.8 Å². The minimum absolute atomic E-state index is 0.172. The first-order valence-corrected chi connectivity index (χ1v) is 7.87. The molecule has 3 rings (SSSR count). The monoisotopic (exact) mass is 322 g/mol. The van der Waals surface area contributed by atoms with Gasteiger partial charge in [0.2, 0.25) is 0 Å². The van der Waals surface area contributed by atoms with Crippen LogP contribution >= 0.6 is 0 Å². The third-order valence-electron chi connectivity index (χ3n) is 3.90. The van der Waals surface area contributed by atoms with Crippen molar-refractivity contribution < 1.29 is 9.50 Å². The molecule has 4 heteroatoms. The Morgan fingerprint density at radius 3 is 2.33 bits per heavy atom. The molecule has 0 saturated heterocycles. The second-order valence-corrected chi connectivity index (χ2v) is 5.54. The summed E-state index contributed by atoms with van der Waals surface area (Å²) in [5, 5.41) is 13.6. The van der Waals surface area contributed by atoms with Crippen molar-refractivity contribution in [1.82, 2.24) is 10.3 Å². The van der Waals surface area contributed by atoms with Crippen molar-refractivity contribution in [2.45, 2.75) is 12.1 Å². The van der Waals surface area contributed by atoms with Gasteiger partial charge in [-0.1, -0.05) is 54.6 Å². The van der Waals surface area contributed by atoms with E-state index in [0.717, 1.165) is 11.3 Å². The maximum absolute atomic E-state index is 13.8. The Balaban J connectivity index is 1.79. The molecule has 1 heterocycles. The van der Waals surface area contributed by atoms with Crippen LogP contribution in [0.15, 0.2) is 79.0 Å². The average molecular weight is 322 g/mol. The van der Waals surface area contributed by atoms with Crippen molar-refractivity contribution in [3.63, 3.8) is 0 Å². The van der Waals surface area contributed by atoms with Gasteiger partial charge >= 0.3 is 0 Å². The molecule has 2 unspecified atom stereocenters. The summed E-state index contributed by atoms with van der Waals surface area (Å²) in [6.07, 6.45) is 0.807. The summed E-state index contributed by atoms with van der Waals surface area (Å²) in [6, 6.07) is 21.7. The second-order valence-electron chi connectivity index (χ2n) is 5.54. The number of benzene rings is 2. The van der Waals surface area contributed by atoms with Crippen molar-refractivity contribution in [3.05, 3.63) is 102 Å². The summed E-state index contributed by atoms with van der Waals surface area (Å²) in [6.45, 7) is 0.219. The highest BCUT2D eigenvalue weighted by Gasteiger charge is 2.18. The molecule has 2 atom stereocenters. The lowest BCUT2D eigenvalue weighted by atomic mass is 10.0. The zero-order chi connectivity index (χ0) is 16.8. The van der Waals surface area contributed by atoms with Crippen molar-refractivity contribution in [1.29, 1.82) is 0 Å². The van der Waals surface area contributed by atoms with E-state index in [-0.39, 0.29) is 18.2 Å². The number of nitrogens with zero attached hydrogens (tertiary/aromatic N) is 1. The van der Waals surface area contributed by atoms with Gasteiger partial charge in [0.15, 0.2) is 0 Å². The Morgan fingerprint density at radius 1 is 0.917 bits per heavy atom. The highest BCUT2D eigenvalue weighted by molar-refractivity contribution is 5.28. The van der Waals surface area contributed by atoms with Gasteiger partial charge in [-0.3, -0.25) is 4.98 Å². The minimum atomic E-state index is -0.930. The molecule has 0 radical (unpaired) electrons. The molecule has 122 valence electrons. The van der Waals surface area contributed by atoms with Gasteiger partial charge in [0, 0.05) is 18.3 Å². The zero-order valence-corrected chi connectivity index (χ0v) is 13.1. The van der Waals surface area contributed by atoms with Gasteiger partial charge in [-0.25, -0.2) is 4.39 Å². The van der Waals surface area contributed by atoms with Crippen LogP contribution in [0.2, 0.25) is 0 Å². The zero-order valence-electron chi connectivity index (χ0n) is 13.1. The summed E-state index contributed by atoms with van der Waals surface area (Å²) in [5.41, 5.74) is 2.18. The molecule has 3 nitrogen and oxygen atoms in total. The van der Waals surface area contributed by atoms with Gasteiger partial charge in [-0.05, 0) is 23.8 Å². The first kappa shape index (κ1) is 16.3. The highest BCUT2D eigenvalue weighted by Crippen LogP contribution is 2.22. The third kappa shape index (κ3) is 3.85. The fraction of sp³-hybridized carbons (Fsp3) is 0.150. The number of halogens is 1. The van der Waals surface area contributed by atoms with Crippen LogP contribution in [-0.2, 0) is 0 Å². The lowest BCUT2D eigenvalue weighted by Crippen LogP contribution is -2.28. The van der Waals surface area contributed by atoms with E-state index in [9.17, 15) is 9.50 Å². The average Bonchev–Trinajstić information content (AvgIpc) is 2.64. The summed E-state index contributed by atoms with van der Waals surface area (Å²) >= 11 is 0. The van der Waals surface area contributed by atoms with Gasteiger partial charge in [0.25, 0.3) is 0 Å². The minimum Gasteiger partial charge on any atom is -0.387 e. The number of aromatic nitrogens is 1. The van der Waals surface area contributed by atoms with Crippen LogP contribution in [-0.4, -0.2) is 16.6 Å². The Morgan fingerprint density at radius 2 is 1.62 bits per heavy atom. The van der Waals surface area contributed by atoms with Crippen molar-refractivity contribution in [2.75, 3.05) is 6.54 Å². The SMILES string of the molecule is OC(CNC(c1ccccc1)c1ccccn1)c1ccccc1F. The van der Waals surface area contributed by atoms with Crippen LogP contribution in [0.1, 0.15) is 29.0 Å². The number of aliphatic hydroxyl groups is 1. The van der Waals surface area contributed by atoms with Gasteiger partial charge in [-0.2, -0.15) is 0 Å². The maximum Gasteiger partial charge on any atom is 0.129 e. The van der Waals surface area contributed by atoms with E-state index in [0.29, 0.717) is 0 Å². The Kier molecular flexibility index (Phi) is 5.31. The lowest BCUT2D eigenvalue weighted by molar-refractivity contribution is 0.167. The molecule has 0 amide bonds. The van der Waals surface area contributed by atoms with E-state index in [1.165, 1.54) is 6.07 Å². The van der Waals surface area contributed by atoms with Crippen molar-refractivity contribution in [3.8, 4) is 0 Å². The highest BCUT2D eigenvalue weighted by atomic mass is 19.1. The van der Waals surface area contributed by atoms with E-state index in [2.05, 4.69) is 10.3 Å². The number of nitrogens with one attached hydrogen (secondary N) is 1. The molecular weight excluding hydrogens is 303 g/mol. The first-order chi connectivity index (χ1) is 11.8. The second kappa shape index (κ2) is 7.81. The smallest absolute Gasteiger partial charge is 0.129 e. The summed E-state index contributed by atoms with van der Waals surface area (Å²) in [7, 11) is 0. The molecular formula is C20H19FN2O. The molecule has 24 heavy (non-hydrogen) atoms. The third-order valence-corrected chi connectivity index (χ3v) is 3.90. The molecule has 0 saturated carbocycles. The van der Waals surface area contributed by atoms with E-state index in [1.54, 1.807) is 24.4 Å². The number of pyridine rings is 1. The van der Waals surface area contributed by atoms with Crippen molar-refractivity contribution >= 4 is 0 Å². The molecule has 0 bridgehead atoms. The number of hydrogen-bond donors (Lipinski definition) is 2. The molecule has 2 aromatic carbocycles. The van der Waals surface area contributed by atoms with E-state index in [1.807, 2.05) is 48.5 Å². The van der Waals surface area contributed by atoms with E-state index >= 15 is 0 Å². The molecule has 0 aliphatic carbocycles. The van der Waals surface area contributed by atoms with Crippen LogP contribution in [0.3, 0.4) is 0 Å². The summed E-state index contributed by atoms with van der Waals surface area (Å²) < 4.78 is 13.8. The summed E-state index contributed by atoms with van der Waals surface area (Å²) in [5.74, 6) is -0.402. The van der Waals surface area contributed by atoms with E-state index < -0.39 is 11.9 Å². The Labute approximate surface area is 140 Å². The largest absolute Gasteiger partial charge is 0.387 e. The normalized spacial score (nSPS) is 13.4. The van der Waals surface area contributed by atoms with Crippen LogP contribution < -0.4 is 5.32 Å². The standard InChI is InChI=1S/C20H19FN2O/c21-17-11-5-4-10-16(17)19(24)14-23-20(15-8-2-1-3-9-15)18-12-6-7-13-22-18/h1-13,19-20,23-24H,14H2. The predicted octanol–water partition coefficient (Wildman–Crippen LogP) is 3.63. The topological polar surface area (TPSA) is 45.1 Å². The summed E-state index contributed by atoms with van der Waals surface area (Å²) in [4.78, 5) is 4.41. The quantitative estimate of drug-likeness (QED) is 0.728. The van der Waals surface area contributed by atoms with Crippen LogP contribution in [0, 0.1) is 5.82 Å². The number of rotatable bonds is 6. The fourth-order valence-electron chi connectivity index (χ4n) is 2.67. The molecule has 0 aliphatic heterocycles. The molecule has 1 aromatic heterocycles. The predicted molar refractivity (Wildman–Crippen MR) is 91.9 cm³/mol.